The first-order valence-corrected chi connectivity index (χ1v) is 8.03. The predicted molar refractivity (Wildman–Crippen MR) is 82.8 cm³/mol. The van der Waals surface area contributed by atoms with Gasteiger partial charge < -0.3 is 4.74 Å². The van der Waals surface area contributed by atoms with Gasteiger partial charge >= 0.3 is 5.97 Å². The highest BCUT2D eigenvalue weighted by Crippen LogP contribution is 2.22. The summed E-state index contributed by atoms with van der Waals surface area (Å²) in [4.78, 5) is 14.7. The lowest BCUT2D eigenvalue weighted by Crippen LogP contribution is -2.60. The highest BCUT2D eigenvalue weighted by molar-refractivity contribution is 5.80. The summed E-state index contributed by atoms with van der Waals surface area (Å²) < 4.78 is 5.03. The molecule has 20 heavy (non-hydrogen) atoms. The van der Waals surface area contributed by atoms with Gasteiger partial charge in [-0.05, 0) is 46.6 Å². The molecule has 1 rings (SSSR count). The van der Waals surface area contributed by atoms with Gasteiger partial charge in [0.1, 0.15) is 5.54 Å². The summed E-state index contributed by atoms with van der Waals surface area (Å²) in [6.07, 6.45) is 6.24. The largest absolute Gasteiger partial charge is 0.468 e. The molecule has 0 aromatic rings. The summed E-state index contributed by atoms with van der Waals surface area (Å²) in [5, 5.41) is 3.40. The molecule has 4 heteroatoms. The molecule has 0 aromatic carbocycles. The van der Waals surface area contributed by atoms with Gasteiger partial charge in [-0.2, -0.15) is 0 Å². The quantitative estimate of drug-likeness (QED) is 0.761. The molecule has 4 nitrogen and oxygen atoms in total. The van der Waals surface area contributed by atoms with Crippen molar-refractivity contribution in [2.24, 2.45) is 0 Å². The van der Waals surface area contributed by atoms with Gasteiger partial charge in [0, 0.05) is 18.6 Å². The predicted octanol–water partition coefficient (Wildman–Crippen LogP) is 2.57. The molecule has 0 saturated carbocycles. The van der Waals surface area contributed by atoms with E-state index in [1.807, 2.05) is 6.92 Å². The van der Waals surface area contributed by atoms with E-state index in [4.69, 9.17) is 4.74 Å². The number of ether oxygens (including phenoxy) is 1. The van der Waals surface area contributed by atoms with Gasteiger partial charge in [0.2, 0.25) is 0 Å². The minimum absolute atomic E-state index is 0.162. The smallest absolute Gasteiger partial charge is 0.327 e. The van der Waals surface area contributed by atoms with Crippen LogP contribution in [0.2, 0.25) is 0 Å². The lowest BCUT2D eigenvalue weighted by Gasteiger charge is -2.38. The number of nitrogens with zero attached hydrogens (tertiary/aromatic N) is 1. The molecule has 0 aliphatic carbocycles. The summed E-state index contributed by atoms with van der Waals surface area (Å²) in [6, 6.07) is 0.849. The number of carbonyl (C=O) groups excluding carboxylic acids is 1. The third-order valence-corrected chi connectivity index (χ3v) is 4.23. The molecule has 1 heterocycles. The first kappa shape index (κ1) is 17.4. The summed E-state index contributed by atoms with van der Waals surface area (Å²) >= 11 is 0. The standard InChI is InChI=1S/C16H32N2O2/c1-6-14-10-8-7-9-11-18(14)12-16(4,15(19)20-5)17-13(2)3/h13-14,17H,6-12H2,1-5H3. The van der Waals surface area contributed by atoms with Crippen molar-refractivity contribution in [2.75, 3.05) is 20.2 Å². The maximum Gasteiger partial charge on any atom is 0.327 e. The molecule has 1 N–H and O–H groups in total. The second-order valence-corrected chi connectivity index (χ2v) is 6.50. The van der Waals surface area contributed by atoms with Crippen molar-refractivity contribution in [2.45, 2.75) is 77.4 Å². The molecule has 1 aliphatic rings. The number of hydrogen-bond acceptors (Lipinski definition) is 4. The molecule has 2 atom stereocenters. The number of nitrogens with one attached hydrogen (secondary N) is 1. The van der Waals surface area contributed by atoms with Crippen LogP contribution in [-0.4, -0.2) is 48.7 Å². The fourth-order valence-electron chi connectivity index (χ4n) is 3.34. The lowest BCUT2D eigenvalue weighted by molar-refractivity contribution is -0.149. The number of hydrogen-bond donors (Lipinski definition) is 1. The Kier molecular flexibility index (Phi) is 6.96. The fourth-order valence-corrected chi connectivity index (χ4v) is 3.34. The Morgan fingerprint density at radius 2 is 2.10 bits per heavy atom. The Morgan fingerprint density at radius 3 is 2.65 bits per heavy atom. The van der Waals surface area contributed by atoms with Crippen LogP contribution in [0.15, 0.2) is 0 Å². The van der Waals surface area contributed by atoms with Crippen molar-refractivity contribution in [3.63, 3.8) is 0 Å². The zero-order chi connectivity index (χ0) is 15.2. The van der Waals surface area contributed by atoms with Gasteiger partial charge in [-0.3, -0.25) is 15.0 Å². The number of carbonyl (C=O) groups is 1. The minimum Gasteiger partial charge on any atom is -0.468 e. The molecule has 1 aliphatic heterocycles. The summed E-state index contributed by atoms with van der Waals surface area (Å²) in [7, 11) is 1.47. The van der Waals surface area contributed by atoms with Crippen molar-refractivity contribution < 1.29 is 9.53 Å². The average Bonchev–Trinajstić information content (AvgIpc) is 2.61. The van der Waals surface area contributed by atoms with Crippen molar-refractivity contribution in [3.05, 3.63) is 0 Å². The van der Waals surface area contributed by atoms with Gasteiger partial charge in [-0.1, -0.05) is 19.8 Å². The van der Waals surface area contributed by atoms with Crippen LogP contribution in [0.3, 0.4) is 0 Å². The average molecular weight is 284 g/mol. The number of likely N-dealkylation sites (tertiary alicyclic amines) is 1. The summed E-state index contributed by atoms with van der Waals surface area (Å²) in [6.45, 7) is 10.2. The maximum absolute atomic E-state index is 12.2. The normalized spacial score (nSPS) is 24.2. The lowest BCUT2D eigenvalue weighted by atomic mass is 9.98. The SMILES string of the molecule is CCC1CCCCCN1CC(C)(NC(C)C)C(=O)OC. The van der Waals surface area contributed by atoms with Crippen LogP contribution in [0.1, 0.15) is 59.8 Å². The van der Waals surface area contributed by atoms with Crippen LogP contribution < -0.4 is 5.32 Å². The van der Waals surface area contributed by atoms with Crippen LogP contribution in [0.5, 0.6) is 0 Å². The van der Waals surface area contributed by atoms with E-state index in [-0.39, 0.29) is 12.0 Å². The first-order chi connectivity index (χ1) is 9.42. The van der Waals surface area contributed by atoms with Crippen molar-refractivity contribution in [3.8, 4) is 0 Å². The zero-order valence-corrected chi connectivity index (χ0v) is 13.9. The maximum atomic E-state index is 12.2. The summed E-state index contributed by atoms with van der Waals surface area (Å²) in [5.74, 6) is -0.162. The van der Waals surface area contributed by atoms with Gasteiger partial charge in [-0.15, -0.1) is 0 Å². The van der Waals surface area contributed by atoms with Crippen LogP contribution in [0.25, 0.3) is 0 Å². The van der Waals surface area contributed by atoms with E-state index in [1.54, 1.807) is 0 Å². The molecule has 2 unspecified atom stereocenters. The van der Waals surface area contributed by atoms with Crippen molar-refractivity contribution in [1.29, 1.82) is 0 Å². The van der Waals surface area contributed by atoms with Gasteiger partial charge in [-0.25, -0.2) is 0 Å². The molecular weight excluding hydrogens is 252 g/mol. The topological polar surface area (TPSA) is 41.6 Å². The van der Waals surface area contributed by atoms with Crippen LogP contribution in [0, 0.1) is 0 Å². The van der Waals surface area contributed by atoms with Crippen LogP contribution in [0.4, 0.5) is 0 Å². The van der Waals surface area contributed by atoms with Crippen LogP contribution >= 0.6 is 0 Å². The van der Waals surface area contributed by atoms with Crippen LogP contribution in [-0.2, 0) is 9.53 Å². The zero-order valence-electron chi connectivity index (χ0n) is 13.9. The number of rotatable bonds is 6. The number of methoxy groups -OCH3 is 1. The van der Waals surface area contributed by atoms with Gasteiger partial charge in [0.15, 0.2) is 0 Å². The molecule has 118 valence electrons. The Morgan fingerprint density at radius 1 is 1.40 bits per heavy atom. The highest BCUT2D eigenvalue weighted by Gasteiger charge is 2.38. The Hall–Kier alpha value is -0.610. The fraction of sp³-hybridized carbons (Fsp3) is 0.938. The Labute approximate surface area is 124 Å². The minimum atomic E-state index is -0.624. The van der Waals surface area contributed by atoms with E-state index in [0.717, 1.165) is 19.5 Å². The third-order valence-electron chi connectivity index (χ3n) is 4.23. The Bertz CT molecular complexity index is 307. The third kappa shape index (κ3) is 4.74. The molecule has 1 saturated heterocycles. The number of esters is 1. The molecule has 1 fully saturated rings. The molecule has 0 bridgehead atoms. The molecular formula is C16H32N2O2. The first-order valence-electron chi connectivity index (χ1n) is 8.03. The van der Waals surface area contributed by atoms with Crippen molar-refractivity contribution in [1.82, 2.24) is 10.2 Å². The van der Waals surface area contributed by atoms with Gasteiger partial charge in [0.25, 0.3) is 0 Å². The summed E-state index contributed by atoms with van der Waals surface area (Å²) in [5.41, 5.74) is -0.624. The second kappa shape index (κ2) is 7.99. The Balaban J connectivity index is 2.83. The molecule has 0 radical (unpaired) electrons. The van der Waals surface area contributed by atoms with E-state index in [9.17, 15) is 4.79 Å². The molecule has 0 spiro atoms. The van der Waals surface area contributed by atoms with E-state index >= 15 is 0 Å². The van der Waals surface area contributed by atoms with Gasteiger partial charge in [0.05, 0.1) is 7.11 Å². The second-order valence-electron chi connectivity index (χ2n) is 6.50. The van der Waals surface area contributed by atoms with E-state index in [0.29, 0.717) is 6.04 Å². The van der Waals surface area contributed by atoms with Crippen molar-refractivity contribution >= 4 is 5.97 Å². The van der Waals surface area contributed by atoms with E-state index < -0.39 is 5.54 Å². The van der Waals surface area contributed by atoms with E-state index in [2.05, 4.69) is 31.0 Å². The molecule has 0 aromatic heterocycles. The monoisotopic (exact) mass is 284 g/mol. The molecule has 0 amide bonds. The highest BCUT2D eigenvalue weighted by atomic mass is 16.5. The van der Waals surface area contributed by atoms with E-state index in [1.165, 1.54) is 32.8 Å².